The maximum atomic E-state index is 10.9. The van der Waals surface area contributed by atoms with E-state index in [2.05, 4.69) is 16.4 Å². The van der Waals surface area contributed by atoms with Crippen molar-refractivity contribution in [2.75, 3.05) is 13.3 Å². The molecule has 0 aromatic carbocycles. The van der Waals surface area contributed by atoms with E-state index in [9.17, 15) is 5.21 Å². The normalized spacial score (nSPS) is 14.9. The largest absolute Gasteiger partial charge is 0.641 e. The molecule has 1 aromatic rings. The Morgan fingerprint density at radius 2 is 2.46 bits per heavy atom. The van der Waals surface area contributed by atoms with Gasteiger partial charge in [-0.3, -0.25) is 9.09 Å². The molecule has 13 heavy (non-hydrogen) atoms. The summed E-state index contributed by atoms with van der Waals surface area (Å²) in [7, 11) is 0.586. The molecule has 0 saturated heterocycles. The molecular weight excluding hydrogens is 184 g/mol. The molecule has 0 radical (unpaired) electrons. The van der Waals surface area contributed by atoms with Crippen LogP contribution in [0.3, 0.4) is 0 Å². The molecule has 0 amide bonds. The van der Waals surface area contributed by atoms with Gasteiger partial charge in [0.05, 0.1) is 6.20 Å². The number of hydrogen-bond donors (Lipinski definition) is 0. The van der Waals surface area contributed by atoms with E-state index in [1.807, 2.05) is 12.3 Å². The molecule has 0 spiro atoms. The van der Waals surface area contributed by atoms with Gasteiger partial charge in [-0.1, -0.05) is 11.4 Å². The first kappa shape index (κ1) is 10.1. The van der Waals surface area contributed by atoms with Crippen LogP contribution in [-0.2, 0) is 15.2 Å². The van der Waals surface area contributed by atoms with Gasteiger partial charge in [0.25, 0.3) is 0 Å². The zero-order valence-corrected chi connectivity index (χ0v) is 8.67. The van der Waals surface area contributed by atoms with Crippen molar-refractivity contribution in [2.45, 2.75) is 5.75 Å². The molecule has 1 rings (SSSR count). The fourth-order valence-electron chi connectivity index (χ4n) is 0.958. The van der Waals surface area contributed by atoms with Crippen molar-refractivity contribution < 1.29 is 4.73 Å². The van der Waals surface area contributed by atoms with Crippen LogP contribution in [0.5, 0.6) is 0 Å². The van der Waals surface area contributed by atoms with Crippen LogP contribution >= 0.6 is 0 Å². The topological polar surface area (TPSA) is 39.3 Å². The molecule has 0 saturated carbocycles. The van der Waals surface area contributed by atoms with Crippen molar-refractivity contribution in [1.82, 2.24) is 0 Å². The van der Waals surface area contributed by atoms with Gasteiger partial charge in [0, 0.05) is 12.8 Å². The molecule has 0 fully saturated rings. The smallest absolute Gasteiger partial charge is 0.125 e. The van der Waals surface area contributed by atoms with E-state index >= 15 is 0 Å². The van der Waals surface area contributed by atoms with Crippen LogP contribution in [0.1, 0.15) is 5.56 Å². The van der Waals surface area contributed by atoms with Gasteiger partial charge >= 0.3 is 0 Å². The van der Waals surface area contributed by atoms with Crippen LogP contribution in [0.4, 0.5) is 0 Å². The molecule has 0 bridgehead atoms. The summed E-state index contributed by atoms with van der Waals surface area (Å²) in [6.45, 7) is 0. The second kappa shape index (κ2) is 3.79. The minimum absolute atomic E-state index is 0.681. The highest BCUT2D eigenvalue weighted by atomic mass is 32.2. The Balaban J connectivity index is 2.94. The average Bonchev–Trinajstić information content (AvgIpc) is 2.03. The summed E-state index contributed by atoms with van der Waals surface area (Å²) < 4.78 is 4.88. The van der Waals surface area contributed by atoms with E-state index in [-0.39, 0.29) is 0 Å². The Labute approximate surface area is 79.3 Å². The zero-order chi connectivity index (χ0) is 9.90. The van der Waals surface area contributed by atoms with Crippen molar-refractivity contribution in [1.29, 1.82) is 0 Å². The monoisotopic (exact) mass is 197 g/mol. The van der Waals surface area contributed by atoms with Crippen molar-refractivity contribution in [2.24, 2.45) is 4.36 Å². The SMILES string of the molecule is C=S(C)(Cc1cc[c-][n+]([O-])c1)=NC. The van der Waals surface area contributed by atoms with Crippen LogP contribution in [-0.4, -0.2) is 19.2 Å². The van der Waals surface area contributed by atoms with Crippen LogP contribution in [0, 0.1) is 11.4 Å². The third-order valence-corrected chi connectivity index (χ3v) is 3.54. The predicted octanol–water partition coefficient (Wildman–Crippen LogP) is 0.649. The third kappa shape index (κ3) is 3.06. The Kier molecular flexibility index (Phi) is 2.93. The summed E-state index contributed by atoms with van der Waals surface area (Å²) in [6.07, 6.45) is 6.02. The van der Waals surface area contributed by atoms with Gasteiger partial charge in [0.2, 0.25) is 0 Å². The summed E-state index contributed by atoms with van der Waals surface area (Å²) in [6, 6.07) is 3.49. The lowest BCUT2D eigenvalue weighted by Gasteiger charge is -2.11. The average molecular weight is 197 g/mol. The van der Waals surface area contributed by atoms with Crippen molar-refractivity contribution >= 4 is 15.3 Å². The second-order valence-electron chi connectivity index (χ2n) is 3.04. The molecule has 4 heteroatoms. The molecule has 0 aliphatic carbocycles. The molecule has 1 unspecified atom stereocenters. The number of nitrogens with zero attached hydrogens (tertiary/aromatic N) is 2. The number of hydrogen-bond acceptors (Lipinski definition) is 2. The lowest BCUT2D eigenvalue weighted by Crippen LogP contribution is -2.25. The highest BCUT2D eigenvalue weighted by Gasteiger charge is 1.94. The molecular formula is C9H13N2OS-. The maximum absolute atomic E-state index is 10.9. The van der Waals surface area contributed by atoms with Crippen LogP contribution in [0.15, 0.2) is 22.7 Å². The highest BCUT2D eigenvalue weighted by Crippen LogP contribution is 2.03. The number of rotatable bonds is 2. The lowest BCUT2D eigenvalue weighted by atomic mass is 10.3. The van der Waals surface area contributed by atoms with E-state index in [0.29, 0.717) is 4.73 Å². The van der Waals surface area contributed by atoms with Crippen molar-refractivity contribution in [3.63, 3.8) is 0 Å². The minimum Gasteiger partial charge on any atom is -0.641 e. The summed E-state index contributed by atoms with van der Waals surface area (Å²) >= 11 is 0. The molecule has 1 aromatic heterocycles. The highest BCUT2D eigenvalue weighted by molar-refractivity contribution is 8.01. The molecule has 0 aliphatic rings. The van der Waals surface area contributed by atoms with Crippen LogP contribution in [0.25, 0.3) is 0 Å². The third-order valence-electron chi connectivity index (χ3n) is 1.70. The van der Waals surface area contributed by atoms with Crippen LogP contribution in [0.2, 0.25) is 0 Å². The number of aromatic nitrogens is 1. The van der Waals surface area contributed by atoms with Gasteiger partial charge < -0.3 is 5.21 Å². The van der Waals surface area contributed by atoms with E-state index in [0.717, 1.165) is 11.3 Å². The van der Waals surface area contributed by atoms with Gasteiger partial charge in [-0.05, 0) is 6.26 Å². The first-order chi connectivity index (χ1) is 6.03. The first-order valence-electron chi connectivity index (χ1n) is 3.83. The fraction of sp³-hybridized carbons (Fsp3) is 0.333. The molecule has 0 aliphatic heterocycles. The standard InChI is InChI=1S/C9H13N2OS/c1-10-13(2,3)8-9-5-4-6-11(12)7-9/h4-5,7H,2,8H2,1,3H3/q-1. The maximum Gasteiger partial charge on any atom is 0.125 e. The Morgan fingerprint density at radius 3 is 3.00 bits per heavy atom. The van der Waals surface area contributed by atoms with Gasteiger partial charge in [-0.25, -0.2) is 0 Å². The minimum atomic E-state index is -1.18. The van der Waals surface area contributed by atoms with Crippen LogP contribution < -0.4 is 4.73 Å². The van der Waals surface area contributed by atoms with Gasteiger partial charge in [0.1, 0.15) is 6.20 Å². The summed E-state index contributed by atoms with van der Waals surface area (Å²) in [5.41, 5.74) is 0.965. The first-order valence-corrected chi connectivity index (χ1v) is 6.17. The number of pyridine rings is 1. The van der Waals surface area contributed by atoms with Crippen molar-refractivity contribution in [3.05, 3.63) is 35.3 Å². The molecule has 0 N–H and O–H groups in total. The van der Waals surface area contributed by atoms with E-state index in [4.69, 9.17) is 0 Å². The molecule has 1 atom stereocenters. The molecule has 3 nitrogen and oxygen atoms in total. The lowest BCUT2D eigenvalue weighted by molar-refractivity contribution is -0.610. The summed E-state index contributed by atoms with van der Waals surface area (Å²) in [5.74, 6) is 4.76. The Hall–Kier alpha value is -1.03. The predicted molar refractivity (Wildman–Crippen MR) is 56.7 cm³/mol. The van der Waals surface area contributed by atoms with E-state index in [1.54, 1.807) is 13.1 Å². The summed E-state index contributed by atoms with van der Waals surface area (Å²) in [4.78, 5) is 0. The van der Waals surface area contributed by atoms with E-state index < -0.39 is 9.41 Å². The molecule has 72 valence electrons. The summed E-state index contributed by atoms with van der Waals surface area (Å²) in [5, 5.41) is 10.9. The van der Waals surface area contributed by atoms with Crippen molar-refractivity contribution in [3.8, 4) is 0 Å². The van der Waals surface area contributed by atoms with E-state index in [1.165, 1.54) is 6.20 Å². The zero-order valence-electron chi connectivity index (χ0n) is 7.86. The van der Waals surface area contributed by atoms with Gasteiger partial charge in [-0.2, -0.15) is 6.07 Å². The van der Waals surface area contributed by atoms with Gasteiger partial charge in [-0.15, -0.1) is 15.5 Å². The Bertz CT molecular complexity index is 406. The fourth-order valence-corrected chi connectivity index (χ4v) is 1.98. The quantitative estimate of drug-likeness (QED) is 0.297. The van der Waals surface area contributed by atoms with Gasteiger partial charge in [0.15, 0.2) is 0 Å². The second-order valence-corrected chi connectivity index (χ2v) is 6.14. The molecule has 1 heterocycles. The Morgan fingerprint density at radius 1 is 1.77 bits per heavy atom.